The number of hydrogen-bond acceptors (Lipinski definition) is 4. The van der Waals surface area contributed by atoms with Crippen LogP contribution in [-0.4, -0.2) is 52.5 Å². The molecular formula is C19H30N2O3. The second kappa shape index (κ2) is 8.17. The average molecular weight is 334 g/mol. The van der Waals surface area contributed by atoms with Gasteiger partial charge < -0.3 is 14.4 Å². The molecule has 0 radical (unpaired) electrons. The molecule has 0 saturated carbocycles. The largest absolute Gasteiger partial charge is 0.467 e. The molecule has 0 aromatic carbocycles. The van der Waals surface area contributed by atoms with Crippen LogP contribution in [0.5, 0.6) is 0 Å². The van der Waals surface area contributed by atoms with Crippen LogP contribution >= 0.6 is 0 Å². The summed E-state index contributed by atoms with van der Waals surface area (Å²) < 4.78 is 5.30. The Kier molecular flexibility index (Phi) is 5.95. The zero-order chi connectivity index (χ0) is 16.9. The third-order valence-electron chi connectivity index (χ3n) is 5.62. The van der Waals surface area contributed by atoms with Crippen LogP contribution in [0.1, 0.15) is 63.7 Å². The lowest BCUT2D eigenvalue weighted by Crippen LogP contribution is -2.48. The molecule has 5 heteroatoms. The second-order valence-electron chi connectivity index (χ2n) is 7.18. The highest BCUT2D eigenvalue weighted by Crippen LogP contribution is 2.28. The van der Waals surface area contributed by atoms with E-state index in [9.17, 15) is 9.90 Å². The van der Waals surface area contributed by atoms with Crippen molar-refractivity contribution in [2.45, 2.75) is 70.1 Å². The predicted octanol–water partition coefficient (Wildman–Crippen LogP) is 2.96. The molecule has 24 heavy (non-hydrogen) atoms. The van der Waals surface area contributed by atoms with E-state index in [4.69, 9.17) is 4.42 Å². The lowest BCUT2D eigenvalue weighted by Gasteiger charge is -2.37. The Morgan fingerprint density at radius 3 is 2.88 bits per heavy atom. The first-order chi connectivity index (χ1) is 11.7. The molecule has 3 unspecified atom stereocenters. The summed E-state index contributed by atoms with van der Waals surface area (Å²) in [5.41, 5.74) is 0. The number of carbonyl (C=O) groups excluding carboxylic acids is 1. The summed E-state index contributed by atoms with van der Waals surface area (Å²) in [5, 5.41) is 10.3. The summed E-state index contributed by atoms with van der Waals surface area (Å²) >= 11 is 0. The molecule has 3 rings (SSSR count). The number of rotatable bonds is 6. The van der Waals surface area contributed by atoms with Gasteiger partial charge in [-0.05, 0) is 63.6 Å². The molecule has 0 spiro atoms. The molecule has 2 aliphatic heterocycles. The molecule has 1 aromatic rings. The van der Waals surface area contributed by atoms with Gasteiger partial charge in [-0.3, -0.25) is 9.69 Å². The molecule has 2 fully saturated rings. The zero-order valence-corrected chi connectivity index (χ0v) is 14.7. The van der Waals surface area contributed by atoms with Gasteiger partial charge in [-0.15, -0.1) is 0 Å². The topological polar surface area (TPSA) is 56.9 Å². The zero-order valence-electron chi connectivity index (χ0n) is 14.7. The van der Waals surface area contributed by atoms with Crippen LogP contribution in [-0.2, 0) is 4.79 Å². The van der Waals surface area contributed by atoms with Crippen molar-refractivity contribution in [3.8, 4) is 0 Å². The number of aliphatic hydroxyl groups excluding tert-OH is 1. The van der Waals surface area contributed by atoms with Crippen molar-refractivity contribution >= 4 is 5.91 Å². The number of nitrogens with zero attached hydrogens (tertiary/aromatic N) is 2. The van der Waals surface area contributed by atoms with Gasteiger partial charge in [-0.25, -0.2) is 0 Å². The van der Waals surface area contributed by atoms with Gasteiger partial charge in [0, 0.05) is 18.6 Å². The third kappa shape index (κ3) is 4.01. The maximum absolute atomic E-state index is 12.8. The highest BCUT2D eigenvalue weighted by Gasteiger charge is 2.32. The number of piperidine rings is 1. The van der Waals surface area contributed by atoms with Crippen LogP contribution in [0.25, 0.3) is 0 Å². The van der Waals surface area contributed by atoms with E-state index in [0.717, 1.165) is 45.2 Å². The van der Waals surface area contributed by atoms with Gasteiger partial charge >= 0.3 is 0 Å². The molecule has 1 N–H and O–H groups in total. The number of hydrogen-bond donors (Lipinski definition) is 1. The Morgan fingerprint density at radius 1 is 1.29 bits per heavy atom. The van der Waals surface area contributed by atoms with Crippen molar-refractivity contribution in [2.24, 2.45) is 0 Å². The first-order valence-electron chi connectivity index (χ1n) is 9.44. The summed E-state index contributed by atoms with van der Waals surface area (Å²) in [6.45, 7) is 4.53. The van der Waals surface area contributed by atoms with E-state index < -0.39 is 6.10 Å². The van der Waals surface area contributed by atoms with E-state index in [1.54, 1.807) is 12.3 Å². The second-order valence-corrected chi connectivity index (χ2v) is 7.18. The van der Waals surface area contributed by atoms with E-state index in [0.29, 0.717) is 24.8 Å². The monoisotopic (exact) mass is 334 g/mol. The van der Waals surface area contributed by atoms with Crippen LogP contribution in [0.3, 0.4) is 0 Å². The molecule has 0 aliphatic carbocycles. The van der Waals surface area contributed by atoms with Crippen molar-refractivity contribution in [1.29, 1.82) is 0 Å². The quantitative estimate of drug-likeness (QED) is 0.869. The smallest absolute Gasteiger partial charge is 0.237 e. The summed E-state index contributed by atoms with van der Waals surface area (Å²) in [7, 11) is 0. The fraction of sp³-hybridized carbons (Fsp3) is 0.737. The lowest BCUT2D eigenvalue weighted by molar-refractivity contribution is -0.136. The third-order valence-corrected chi connectivity index (χ3v) is 5.62. The minimum Gasteiger partial charge on any atom is -0.467 e. The molecule has 2 aliphatic rings. The molecule has 3 heterocycles. The minimum absolute atomic E-state index is 0.263. The molecule has 3 atom stereocenters. The highest BCUT2D eigenvalue weighted by atomic mass is 16.4. The number of amides is 1. The highest BCUT2D eigenvalue weighted by molar-refractivity contribution is 5.78. The van der Waals surface area contributed by atoms with Crippen LogP contribution in [0, 0.1) is 0 Å². The van der Waals surface area contributed by atoms with E-state index in [1.165, 1.54) is 6.42 Å². The number of furan rings is 1. The summed E-state index contributed by atoms with van der Waals surface area (Å²) in [6.07, 6.45) is 8.34. The molecule has 1 aromatic heterocycles. The van der Waals surface area contributed by atoms with E-state index in [-0.39, 0.29) is 11.9 Å². The normalized spacial score (nSPS) is 26.7. The molecule has 0 bridgehead atoms. The SMILES string of the molecule is CCC1CCCCN1C(=O)CN1CCCC1CC(O)c1ccco1. The van der Waals surface area contributed by atoms with Crippen LogP contribution in [0.15, 0.2) is 22.8 Å². The van der Waals surface area contributed by atoms with Gasteiger partial charge in [-0.2, -0.15) is 0 Å². The maximum Gasteiger partial charge on any atom is 0.237 e. The van der Waals surface area contributed by atoms with Crippen LogP contribution in [0.4, 0.5) is 0 Å². The van der Waals surface area contributed by atoms with Gasteiger partial charge in [0.15, 0.2) is 0 Å². The first kappa shape index (κ1) is 17.5. The fourth-order valence-corrected chi connectivity index (χ4v) is 4.24. The minimum atomic E-state index is -0.584. The Morgan fingerprint density at radius 2 is 2.12 bits per heavy atom. The lowest BCUT2D eigenvalue weighted by atomic mass is 10.00. The summed E-state index contributed by atoms with van der Waals surface area (Å²) in [5.74, 6) is 0.885. The molecule has 5 nitrogen and oxygen atoms in total. The van der Waals surface area contributed by atoms with Gasteiger partial charge in [0.05, 0.1) is 12.8 Å². The van der Waals surface area contributed by atoms with E-state index in [1.807, 2.05) is 6.07 Å². The molecular weight excluding hydrogens is 304 g/mol. The number of likely N-dealkylation sites (tertiary alicyclic amines) is 2. The van der Waals surface area contributed by atoms with Crippen molar-refractivity contribution in [3.05, 3.63) is 24.2 Å². The van der Waals surface area contributed by atoms with Crippen LogP contribution in [0.2, 0.25) is 0 Å². The van der Waals surface area contributed by atoms with Gasteiger partial charge in [-0.1, -0.05) is 6.92 Å². The number of aliphatic hydroxyl groups is 1. The van der Waals surface area contributed by atoms with Crippen molar-refractivity contribution in [1.82, 2.24) is 9.80 Å². The van der Waals surface area contributed by atoms with E-state index in [2.05, 4.69) is 16.7 Å². The van der Waals surface area contributed by atoms with Gasteiger partial charge in [0.25, 0.3) is 0 Å². The molecule has 2 saturated heterocycles. The van der Waals surface area contributed by atoms with Crippen LogP contribution < -0.4 is 0 Å². The molecule has 1 amide bonds. The first-order valence-corrected chi connectivity index (χ1v) is 9.44. The standard InChI is InChI=1S/C19H30N2O3/c1-2-15-7-3-4-11-21(15)19(23)14-20-10-5-8-16(20)13-17(22)18-9-6-12-24-18/h6,9,12,15-17,22H,2-5,7-8,10-11,13-14H2,1H3. The fourth-order valence-electron chi connectivity index (χ4n) is 4.24. The average Bonchev–Trinajstić information content (AvgIpc) is 3.27. The molecule has 134 valence electrons. The Labute approximate surface area is 144 Å². The van der Waals surface area contributed by atoms with E-state index >= 15 is 0 Å². The number of carbonyl (C=O) groups is 1. The Hall–Kier alpha value is -1.33. The van der Waals surface area contributed by atoms with Gasteiger partial charge in [0.1, 0.15) is 11.9 Å². The Balaban J connectivity index is 1.56. The summed E-state index contributed by atoms with van der Waals surface area (Å²) in [6, 6.07) is 4.30. The Bertz CT molecular complexity index is 517. The maximum atomic E-state index is 12.8. The van der Waals surface area contributed by atoms with Crippen molar-refractivity contribution < 1.29 is 14.3 Å². The van der Waals surface area contributed by atoms with Crippen molar-refractivity contribution in [2.75, 3.05) is 19.6 Å². The summed E-state index contributed by atoms with van der Waals surface area (Å²) in [4.78, 5) is 17.1. The van der Waals surface area contributed by atoms with Gasteiger partial charge in [0.2, 0.25) is 5.91 Å². The predicted molar refractivity (Wildman–Crippen MR) is 92.5 cm³/mol. The van der Waals surface area contributed by atoms with Crippen molar-refractivity contribution in [3.63, 3.8) is 0 Å².